The topological polar surface area (TPSA) is 160 Å². The van der Waals surface area contributed by atoms with Crippen molar-refractivity contribution in [1.29, 1.82) is 5.26 Å². The zero-order valence-corrected chi connectivity index (χ0v) is 43.8. The second kappa shape index (κ2) is 23.9. The van der Waals surface area contributed by atoms with Crippen LogP contribution in [0.2, 0.25) is 5.02 Å². The Bertz CT molecular complexity index is 2920. The lowest BCUT2D eigenvalue weighted by Crippen LogP contribution is -2.55. The van der Waals surface area contributed by atoms with Crippen LogP contribution >= 0.6 is 11.6 Å². The molecule has 0 radical (unpaired) electrons. The Morgan fingerprint density at radius 2 is 1.85 bits per heavy atom. The van der Waals surface area contributed by atoms with E-state index in [0.717, 1.165) is 125 Å². The highest BCUT2D eigenvalue weighted by atomic mass is 35.5. The van der Waals surface area contributed by atoms with Crippen molar-refractivity contribution < 1.29 is 14.3 Å². The summed E-state index contributed by atoms with van der Waals surface area (Å²) in [7, 11) is 4.13. The van der Waals surface area contributed by atoms with Crippen molar-refractivity contribution in [1.82, 2.24) is 44.2 Å². The third-order valence-corrected chi connectivity index (χ3v) is 14.8. The van der Waals surface area contributed by atoms with Gasteiger partial charge in [0.2, 0.25) is 11.8 Å². The predicted octanol–water partition coefficient (Wildman–Crippen LogP) is 7.67. The number of aromatic nitrogens is 6. The van der Waals surface area contributed by atoms with Crippen LogP contribution in [-0.4, -0.2) is 148 Å². The maximum Gasteiger partial charge on any atom is 0.318 e. The van der Waals surface area contributed by atoms with E-state index in [1.54, 1.807) is 6.08 Å². The van der Waals surface area contributed by atoms with Gasteiger partial charge in [0.05, 0.1) is 42.0 Å². The molecule has 9 rings (SSSR count). The summed E-state index contributed by atoms with van der Waals surface area (Å²) in [6.07, 6.45) is 12.3. The first-order valence-corrected chi connectivity index (χ1v) is 26.4. The fraction of sp³-hybridized carbons (Fsp3) is 0.473. The van der Waals surface area contributed by atoms with E-state index >= 15 is 0 Å². The molecule has 7 heterocycles. The van der Waals surface area contributed by atoms with Crippen LogP contribution in [0.15, 0.2) is 79.1 Å². The summed E-state index contributed by atoms with van der Waals surface area (Å²) in [4.78, 5) is 46.6. The van der Waals surface area contributed by atoms with Gasteiger partial charge in [-0.05, 0) is 82.8 Å². The normalized spacial score (nSPS) is 17.2. The van der Waals surface area contributed by atoms with E-state index in [9.17, 15) is 10.1 Å². The van der Waals surface area contributed by atoms with E-state index in [-0.39, 0.29) is 18.4 Å². The molecule has 0 saturated carbocycles. The molecule has 2 fully saturated rings. The SMILES string of the molecule is CCCN(CC)c1cc(NCc2ccc(OCCN(C)C/C=C/C(=O)N3CCN(c4nc(OCC5CCCN5C)nc5c4CCN(c4cccc6cccc(Cl)c46)C5)CC3CC#N)nc2)n2ncc(CC)c2n1. The van der Waals surface area contributed by atoms with E-state index in [4.69, 9.17) is 36.0 Å². The van der Waals surface area contributed by atoms with Gasteiger partial charge in [-0.25, -0.2) is 9.97 Å². The van der Waals surface area contributed by atoms with Gasteiger partial charge in [0.15, 0.2) is 5.65 Å². The number of likely N-dealkylation sites (N-methyl/N-ethyl adjacent to an activating group) is 2. The van der Waals surface area contributed by atoms with E-state index in [0.29, 0.717) is 77.0 Å². The van der Waals surface area contributed by atoms with Crippen LogP contribution in [0.3, 0.4) is 0 Å². The monoisotopic (exact) mass is 1010 g/mol. The van der Waals surface area contributed by atoms with Gasteiger partial charge in [-0.2, -0.15) is 24.8 Å². The number of amides is 1. The standard InChI is InChI=1S/C55H69ClN14O3/c1-6-24-66(8-3)49-32-48(70-53(62-49)40(7-2)35-60-70)58-33-39-19-20-50(59-34-39)72-31-30-64(4)25-12-18-51(71)69-29-28-68(36-42(69)21-23-57)54-44-22-27-67(47-17-10-14-41-13-9-16-45(56)52(41)47)37-46(44)61-55(63-54)73-38-43-15-11-26-65(43)5/h9-10,12-14,16-20,32,34-35,42-43,58H,6-8,11,15,21-22,24-31,33,36-38H2,1-5H3/b18-12+. The third-order valence-electron chi connectivity index (χ3n) is 14.4. The van der Waals surface area contributed by atoms with Crippen molar-refractivity contribution in [3.8, 4) is 18.0 Å². The minimum Gasteiger partial charge on any atom is -0.476 e. The number of hydrogen-bond acceptors (Lipinski definition) is 15. The summed E-state index contributed by atoms with van der Waals surface area (Å²) in [6, 6.07) is 21.0. The van der Waals surface area contributed by atoms with Crippen LogP contribution in [0.1, 0.15) is 68.8 Å². The highest BCUT2D eigenvalue weighted by molar-refractivity contribution is 6.36. The molecule has 2 aromatic carbocycles. The van der Waals surface area contributed by atoms with Gasteiger partial charge in [-0.1, -0.05) is 61.9 Å². The summed E-state index contributed by atoms with van der Waals surface area (Å²) < 4.78 is 14.3. The first kappa shape index (κ1) is 51.2. The fourth-order valence-corrected chi connectivity index (χ4v) is 10.6. The molecule has 1 amide bonds. The number of halogens is 1. The van der Waals surface area contributed by atoms with Gasteiger partial charge in [0.1, 0.15) is 30.7 Å². The molecule has 73 heavy (non-hydrogen) atoms. The lowest BCUT2D eigenvalue weighted by Gasteiger charge is -2.42. The minimum atomic E-state index is -0.316. The smallest absolute Gasteiger partial charge is 0.318 e. The number of nitriles is 1. The van der Waals surface area contributed by atoms with E-state index < -0.39 is 0 Å². The molecule has 0 bridgehead atoms. The average Bonchev–Trinajstić information content (AvgIpc) is 4.03. The first-order valence-electron chi connectivity index (χ1n) is 26.0. The summed E-state index contributed by atoms with van der Waals surface area (Å²) >= 11 is 6.80. The Labute approximate surface area is 434 Å². The van der Waals surface area contributed by atoms with Crippen molar-refractivity contribution in [3.63, 3.8) is 0 Å². The fourth-order valence-electron chi connectivity index (χ4n) is 10.3. The maximum atomic E-state index is 13.8. The van der Waals surface area contributed by atoms with E-state index in [1.165, 1.54) is 0 Å². The van der Waals surface area contributed by atoms with Gasteiger partial charge < -0.3 is 39.3 Å². The van der Waals surface area contributed by atoms with E-state index in [2.05, 4.69) is 104 Å². The molecule has 6 aromatic rings. The number of rotatable bonds is 21. The van der Waals surface area contributed by atoms with Gasteiger partial charge in [0, 0.05) is 112 Å². The molecule has 2 saturated heterocycles. The number of carbonyl (C=O) groups excluding carboxylic acids is 1. The Morgan fingerprint density at radius 1 is 0.986 bits per heavy atom. The molecule has 2 unspecified atom stereocenters. The van der Waals surface area contributed by atoms with Gasteiger partial charge in [-0.3, -0.25) is 9.69 Å². The number of pyridine rings is 1. The molecular weight excluding hydrogens is 940 g/mol. The number of nitrogens with one attached hydrogen (secondary N) is 1. The quantitative estimate of drug-likeness (QED) is 0.0700. The molecular formula is C55H69ClN14O3. The van der Waals surface area contributed by atoms with Crippen molar-refractivity contribution in [2.24, 2.45) is 0 Å². The molecule has 0 aliphatic carbocycles. The number of ether oxygens (including phenoxy) is 2. The number of likely N-dealkylation sites (tertiary alicyclic amines) is 1. The third kappa shape index (κ3) is 11.9. The Hall–Kier alpha value is -6.74. The maximum absolute atomic E-state index is 13.8. The predicted molar refractivity (Wildman–Crippen MR) is 289 cm³/mol. The second-order valence-electron chi connectivity index (χ2n) is 19.3. The van der Waals surface area contributed by atoms with Crippen LogP contribution in [0.25, 0.3) is 16.4 Å². The zero-order chi connectivity index (χ0) is 50.8. The van der Waals surface area contributed by atoms with Crippen molar-refractivity contribution >= 4 is 57.1 Å². The lowest BCUT2D eigenvalue weighted by atomic mass is 10.0. The number of anilines is 4. The molecule has 1 N–H and O–H groups in total. The number of benzene rings is 2. The van der Waals surface area contributed by atoms with Crippen molar-refractivity contribution in [2.75, 3.05) is 106 Å². The molecule has 2 atom stereocenters. The first-order chi connectivity index (χ1) is 35.6. The summed E-state index contributed by atoms with van der Waals surface area (Å²) in [5.41, 5.74) is 6.09. The Kier molecular flexibility index (Phi) is 16.7. The Balaban J connectivity index is 0.788. The van der Waals surface area contributed by atoms with Crippen LogP contribution in [0, 0.1) is 11.3 Å². The number of aryl methyl sites for hydroxylation is 1. The number of fused-ring (bicyclic) bond motifs is 3. The molecule has 0 spiro atoms. The molecule has 4 aromatic heterocycles. The number of piperazine rings is 1. The highest BCUT2D eigenvalue weighted by Crippen LogP contribution is 2.38. The number of carbonyl (C=O) groups is 1. The molecule has 3 aliphatic heterocycles. The van der Waals surface area contributed by atoms with Crippen LogP contribution in [0.4, 0.5) is 23.1 Å². The van der Waals surface area contributed by atoms with Gasteiger partial charge in [0.25, 0.3) is 0 Å². The van der Waals surface area contributed by atoms with Crippen molar-refractivity contribution in [2.45, 2.75) is 84.5 Å². The summed E-state index contributed by atoms with van der Waals surface area (Å²) in [5, 5.41) is 21.0. The lowest BCUT2D eigenvalue weighted by molar-refractivity contribution is -0.128. The van der Waals surface area contributed by atoms with Crippen molar-refractivity contribution in [3.05, 3.63) is 107 Å². The largest absolute Gasteiger partial charge is 0.476 e. The Morgan fingerprint density at radius 3 is 2.62 bits per heavy atom. The number of nitrogens with zero attached hydrogens (tertiary/aromatic N) is 13. The molecule has 384 valence electrons. The number of hydrogen-bond donors (Lipinski definition) is 1. The minimum absolute atomic E-state index is 0.106. The van der Waals surface area contributed by atoms with Crippen LogP contribution in [-0.2, 0) is 30.7 Å². The zero-order valence-electron chi connectivity index (χ0n) is 43.0. The van der Waals surface area contributed by atoms with Gasteiger partial charge in [-0.15, -0.1) is 0 Å². The highest BCUT2D eigenvalue weighted by Gasteiger charge is 2.34. The summed E-state index contributed by atoms with van der Waals surface area (Å²) in [6.45, 7) is 14.9. The van der Waals surface area contributed by atoms with Gasteiger partial charge >= 0.3 is 6.01 Å². The molecule has 3 aliphatic rings. The average molecular weight is 1010 g/mol. The summed E-state index contributed by atoms with van der Waals surface area (Å²) in [5.74, 6) is 3.10. The molecule has 18 heteroatoms. The second-order valence-corrected chi connectivity index (χ2v) is 19.7. The molecule has 17 nitrogen and oxygen atoms in total. The van der Waals surface area contributed by atoms with Crippen LogP contribution < -0.4 is 29.5 Å². The van der Waals surface area contributed by atoms with Crippen LogP contribution in [0.5, 0.6) is 11.9 Å². The van der Waals surface area contributed by atoms with E-state index in [1.807, 2.05) is 59.2 Å².